The maximum Gasteiger partial charge on any atom is 0.134 e. The van der Waals surface area contributed by atoms with Gasteiger partial charge in [-0.15, -0.1) is 0 Å². The van der Waals surface area contributed by atoms with Crippen molar-refractivity contribution in [2.45, 2.75) is 40.0 Å². The molecule has 0 fully saturated rings. The van der Waals surface area contributed by atoms with Gasteiger partial charge in [-0.2, -0.15) is 0 Å². The summed E-state index contributed by atoms with van der Waals surface area (Å²) in [5, 5.41) is 1.21. The highest BCUT2D eigenvalue weighted by molar-refractivity contribution is 5.77. The molecule has 0 radical (unpaired) electrons. The van der Waals surface area contributed by atoms with Gasteiger partial charge in [-0.05, 0) is 18.6 Å². The molecule has 0 spiro atoms. The number of hydrogen-bond donors (Lipinski definition) is 0. The molecule has 1 aromatic carbocycles. The van der Waals surface area contributed by atoms with Crippen molar-refractivity contribution in [1.29, 1.82) is 0 Å². The van der Waals surface area contributed by atoms with Crippen LogP contribution >= 0.6 is 0 Å². The van der Waals surface area contributed by atoms with Gasteiger partial charge in [0.1, 0.15) is 11.3 Å². The first-order valence-corrected chi connectivity index (χ1v) is 5.79. The monoisotopic (exact) mass is 204 g/mol. The Morgan fingerprint density at radius 3 is 2.33 bits per heavy atom. The van der Waals surface area contributed by atoms with Crippen molar-refractivity contribution in [2.75, 3.05) is 0 Å². The van der Waals surface area contributed by atoms with E-state index < -0.39 is 0 Å². The van der Waals surface area contributed by atoms with Crippen LogP contribution in [-0.4, -0.2) is 0 Å². The molecule has 82 valence electrons. The van der Waals surface area contributed by atoms with Crippen LogP contribution in [-0.2, 0) is 6.42 Å². The molecule has 0 N–H and O–H groups in total. The van der Waals surface area contributed by atoms with Gasteiger partial charge in [-0.25, -0.2) is 0 Å². The first kappa shape index (κ1) is 11.8. The van der Waals surface area contributed by atoms with E-state index in [0.717, 1.165) is 24.2 Å². The van der Waals surface area contributed by atoms with Gasteiger partial charge in [-0.3, -0.25) is 0 Å². The summed E-state index contributed by atoms with van der Waals surface area (Å²) in [6, 6.07) is 10.3. The maximum absolute atomic E-state index is 5.61. The summed E-state index contributed by atoms with van der Waals surface area (Å²) in [4.78, 5) is 0. The fraction of sp³-hybridized carbons (Fsp3) is 0.429. The summed E-state index contributed by atoms with van der Waals surface area (Å²) < 4.78 is 5.61. The van der Waals surface area contributed by atoms with Crippen LogP contribution in [0.3, 0.4) is 0 Å². The van der Waals surface area contributed by atoms with Crippen LogP contribution in [0.25, 0.3) is 11.0 Å². The second-order valence-corrected chi connectivity index (χ2v) is 3.71. The molecule has 0 bridgehead atoms. The Balaban J connectivity index is 0.000000337. The van der Waals surface area contributed by atoms with Gasteiger partial charge in [-0.1, -0.05) is 45.4 Å². The number of hydrogen-bond acceptors (Lipinski definition) is 1. The third-order valence-corrected chi connectivity index (χ3v) is 1.97. The standard InChI is InChI=1S/C11H12O.C3H8/c1-2-5-10-8-9-6-3-4-7-11(9)12-10;1-3-2/h3-4,6-8H,2,5H2,1H3;3H2,1-2H3. The van der Waals surface area contributed by atoms with Crippen molar-refractivity contribution in [3.8, 4) is 0 Å². The van der Waals surface area contributed by atoms with Crippen LogP contribution in [0.5, 0.6) is 0 Å². The molecule has 0 saturated carbocycles. The Bertz CT molecular complexity index is 354. The first-order valence-electron chi connectivity index (χ1n) is 5.79. The van der Waals surface area contributed by atoms with E-state index in [1.165, 1.54) is 11.8 Å². The Morgan fingerprint density at radius 2 is 1.73 bits per heavy atom. The van der Waals surface area contributed by atoms with Crippen molar-refractivity contribution in [1.82, 2.24) is 0 Å². The number of rotatable bonds is 2. The van der Waals surface area contributed by atoms with Crippen LogP contribution < -0.4 is 0 Å². The lowest BCUT2D eigenvalue weighted by atomic mass is 10.2. The first-order chi connectivity index (χ1) is 7.31. The summed E-state index contributed by atoms with van der Waals surface area (Å²) >= 11 is 0. The maximum atomic E-state index is 5.61. The lowest BCUT2D eigenvalue weighted by molar-refractivity contribution is 0.544. The van der Waals surface area contributed by atoms with Gasteiger partial charge < -0.3 is 4.42 Å². The van der Waals surface area contributed by atoms with Crippen molar-refractivity contribution in [3.63, 3.8) is 0 Å². The largest absolute Gasteiger partial charge is 0.461 e. The Morgan fingerprint density at radius 1 is 1.07 bits per heavy atom. The van der Waals surface area contributed by atoms with E-state index in [-0.39, 0.29) is 0 Å². The summed E-state index contributed by atoms with van der Waals surface area (Å²) in [6.07, 6.45) is 3.43. The van der Waals surface area contributed by atoms with Crippen molar-refractivity contribution < 1.29 is 4.42 Å². The van der Waals surface area contributed by atoms with Crippen molar-refractivity contribution in [2.24, 2.45) is 0 Å². The third kappa shape index (κ3) is 3.43. The van der Waals surface area contributed by atoms with Crippen LogP contribution in [0.4, 0.5) is 0 Å². The molecule has 0 amide bonds. The number of fused-ring (bicyclic) bond motifs is 1. The average Bonchev–Trinajstić information content (AvgIpc) is 2.61. The molecule has 15 heavy (non-hydrogen) atoms. The summed E-state index contributed by atoms with van der Waals surface area (Å²) in [6.45, 7) is 6.41. The van der Waals surface area contributed by atoms with Gasteiger partial charge in [0.05, 0.1) is 0 Å². The molecule has 0 saturated heterocycles. The van der Waals surface area contributed by atoms with Crippen molar-refractivity contribution in [3.05, 3.63) is 36.1 Å². The average molecular weight is 204 g/mol. The van der Waals surface area contributed by atoms with Crippen LogP contribution in [0.1, 0.15) is 39.4 Å². The van der Waals surface area contributed by atoms with Gasteiger partial charge in [0.15, 0.2) is 0 Å². The van der Waals surface area contributed by atoms with Crippen LogP contribution in [0, 0.1) is 0 Å². The number of furan rings is 1. The molecule has 1 aromatic heterocycles. The smallest absolute Gasteiger partial charge is 0.134 e. The Labute approximate surface area is 92.1 Å². The zero-order valence-corrected chi connectivity index (χ0v) is 9.92. The molecule has 0 unspecified atom stereocenters. The van der Waals surface area contributed by atoms with Gasteiger partial charge >= 0.3 is 0 Å². The van der Waals surface area contributed by atoms with Crippen molar-refractivity contribution >= 4 is 11.0 Å². The molecule has 2 aromatic rings. The predicted molar refractivity (Wildman–Crippen MR) is 66.2 cm³/mol. The second kappa shape index (κ2) is 6.28. The normalized spacial score (nSPS) is 9.80. The van der Waals surface area contributed by atoms with Gasteiger partial charge in [0.2, 0.25) is 0 Å². The molecule has 0 atom stereocenters. The number of benzene rings is 1. The lowest BCUT2D eigenvalue weighted by Crippen LogP contribution is -1.74. The SMILES string of the molecule is CCC.CCCc1cc2ccccc2o1. The quantitative estimate of drug-likeness (QED) is 0.684. The molecule has 0 aliphatic rings. The fourth-order valence-corrected chi connectivity index (χ4v) is 1.41. The Hall–Kier alpha value is -1.24. The Kier molecular flexibility index (Phi) is 4.96. The second-order valence-electron chi connectivity index (χ2n) is 3.71. The minimum Gasteiger partial charge on any atom is -0.461 e. The van der Waals surface area contributed by atoms with Crippen LogP contribution in [0.2, 0.25) is 0 Å². The summed E-state index contributed by atoms with van der Waals surface area (Å²) in [5.74, 6) is 1.10. The van der Waals surface area contributed by atoms with Crippen LogP contribution in [0.15, 0.2) is 34.7 Å². The molecule has 1 heterocycles. The van der Waals surface area contributed by atoms with E-state index in [9.17, 15) is 0 Å². The molecule has 1 nitrogen and oxygen atoms in total. The third-order valence-electron chi connectivity index (χ3n) is 1.97. The topological polar surface area (TPSA) is 13.1 Å². The molecule has 0 aliphatic heterocycles. The minimum absolute atomic E-state index is 1.00. The van der Waals surface area contributed by atoms with Gasteiger partial charge in [0, 0.05) is 11.8 Å². The van der Waals surface area contributed by atoms with E-state index in [2.05, 4.69) is 32.9 Å². The molecular weight excluding hydrogens is 184 g/mol. The van der Waals surface area contributed by atoms with Gasteiger partial charge in [0.25, 0.3) is 0 Å². The van der Waals surface area contributed by atoms with E-state index >= 15 is 0 Å². The molecule has 2 rings (SSSR count). The lowest BCUT2D eigenvalue weighted by Gasteiger charge is -1.87. The van der Waals surface area contributed by atoms with E-state index in [4.69, 9.17) is 4.42 Å². The zero-order chi connectivity index (χ0) is 11.1. The highest BCUT2D eigenvalue weighted by Crippen LogP contribution is 2.19. The number of aryl methyl sites for hydroxylation is 1. The van der Waals surface area contributed by atoms with E-state index in [1.807, 2.05) is 18.2 Å². The molecular formula is C14H20O. The highest BCUT2D eigenvalue weighted by Gasteiger charge is 2.00. The summed E-state index contributed by atoms with van der Waals surface area (Å²) in [5.41, 5.74) is 1.00. The minimum atomic E-state index is 1.00. The zero-order valence-electron chi connectivity index (χ0n) is 9.92. The summed E-state index contributed by atoms with van der Waals surface area (Å²) in [7, 11) is 0. The van der Waals surface area contributed by atoms with E-state index in [0.29, 0.717) is 0 Å². The molecule has 0 aliphatic carbocycles. The molecule has 1 heteroatoms. The highest BCUT2D eigenvalue weighted by atomic mass is 16.3. The predicted octanol–water partition coefficient (Wildman–Crippen LogP) is 4.80. The number of para-hydroxylation sites is 1. The fourth-order valence-electron chi connectivity index (χ4n) is 1.41. The van der Waals surface area contributed by atoms with E-state index in [1.54, 1.807) is 0 Å².